The van der Waals surface area contributed by atoms with Crippen molar-refractivity contribution in [3.05, 3.63) is 91.7 Å². The van der Waals surface area contributed by atoms with Crippen molar-refractivity contribution < 1.29 is 38.8 Å². The van der Waals surface area contributed by atoms with Gasteiger partial charge in [-0.2, -0.15) is 0 Å². The van der Waals surface area contributed by atoms with Crippen LogP contribution in [0.2, 0.25) is 10.0 Å². The topological polar surface area (TPSA) is 135 Å². The maximum Gasteiger partial charge on any atom is 0.334 e. The molecule has 2 aromatic carbocycles. The van der Waals surface area contributed by atoms with Gasteiger partial charge in [-0.05, 0) is 36.1 Å². The number of morpholine rings is 1. The Morgan fingerprint density at radius 2 is 1.56 bits per heavy atom. The van der Waals surface area contributed by atoms with Gasteiger partial charge in [-0.15, -0.1) is 0 Å². The number of esters is 1. The van der Waals surface area contributed by atoms with E-state index in [1.165, 1.54) is 19.2 Å². The Bertz CT molecular complexity index is 1400. The number of carboxylic acid groups (broad SMARTS) is 2. The predicted octanol–water partition coefficient (Wildman–Crippen LogP) is 4.40. The fraction of sp³-hybridized carbons (Fsp3) is 0.387. The third-order valence-electron chi connectivity index (χ3n) is 7.50. The van der Waals surface area contributed by atoms with Gasteiger partial charge >= 0.3 is 17.9 Å². The molecular weight excluding hydrogens is 599 g/mol. The summed E-state index contributed by atoms with van der Waals surface area (Å²) in [5.41, 5.74) is 1.76. The number of nitrogens with one attached hydrogen (secondary N) is 1. The van der Waals surface area contributed by atoms with Gasteiger partial charge in [-0.1, -0.05) is 53.5 Å². The van der Waals surface area contributed by atoms with Gasteiger partial charge in [0.05, 0.1) is 57.0 Å². The molecule has 10 nitrogen and oxygen atoms in total. The van der Waals surface area contributed by atoms with Crippen LogP contribution in [0.3, 0.4) is 0 Å². The normalized spacial score (nSPS) is 17.5. The molecule has 4 rings (SSSR count). The van der Waals surface area contributed by atoms with Crippen LogP contribution in [0.4, 0.5) is 0 Å². The first-order valence-corrected chi connectivity index (χ1v) is 14.6. The molecule has 0 aromatic heterocycles. The molecule has 12 heteroatoms. The number of ether oxygens (including phenoxy) is 3. The number of halogens is 2. The monoisotopic (exact) mass is 632 g/mol. The highest BCUT2D eigenvalue weighted by molar-refractivity contribution is 6.36. The number of dihydropyridines is 1. The first-order chi connectivity index (χ1) is 20.7. The number of nitrogens with zero attached hydrogens (tertiary/aromatic N) is 1. The lowest BCUT2D eigenvalue weighted by atomic mass is 9.78. The number of carbonyl (C=O) groups excluding carboxylic acids is 1. The SMILES string of the molecule is COC(=O)CC1=C(C(=O)O)C(c2c(Cl)cccc2Cl)C(C(=O)O)=C(CCc2ccccc2COCCN2CCOCC2)N1. The van der Waals surface area contributed by atoms with E-state index in [-0.39, 0.29) is 44.6 Å². The van der Waals surface area contributed by atoms with Crippen LogP contribution in [-0.2, 0) is 41.6 Å². The highest BCUT2D eigenvalue weighted by Gasteiger charge is 2.40. The molecule has 0 aliphatic carbocycles. The smallest absolute Gasteiger partial charge is 0.334 e. The summed E-state index contributed by atoms with van der Waals surface area (Å²) in [4.78, 5) is 40.0. The molecule has 0 radical (unpaired) electrons. The predicted molar refractivity (Wildman–Crippen MR) is 160 cm³/mol. The van der Waals surface area contributed by atoms with E-state index in [4.69, 9.17) is 37.4 Å². The number of carbonyl (C=O) groups is 3. The molecule has 2 heterocycles. The number of hydrogen-bond donors (Lipinski definition) is 3. The van der Waals surface area contributed by atoms with Crippen molar-refractivity contribution in [2.24, 2.45) is 0 Å². The maximum atomic E-state index is 12.8. The minimum absolute atomic E-state index is 0.0140. The summed E-state index contributed by atoms with van der Waals surface area (Å²) in [6.07, 6.45) is 0.197. The summed E-state index contributed by atoms with van der Waals surface area (Å²) in [5, 5.41) is 23.8. The molecule has 1 unspecified atom stereocenters. The molecular formula is C31H34Cl2N2O8. The minimum atomic E-state index is -1.41. The molecule has 2 aliphatic rings. The summed E-state index contributed by atoms with van der Waals surface area (Å²) < 4.78 is 16.2. The van der Waals surface area contributed by atoms with E-state index in [9.17, 15) is 24.6 Å². The average Bonchev–Trinajstić information content (AvgIpc) is 2.98. The molecule has 0 saturated carbocycles. The zero-order valence-electron chi connectivity index (χ0n) is 23.7. The number of rotatable bonds is 13. The van der Waals surface area contributed by atoms with Crippen LogP contribution in [0.1, 0.15) is 35.4 Å². The molecule has 0 spiro atoms. The molecule has 1 fully saturated rings. The number of aryl methyl sites for hydroxylation is 1. The zero-order chi connectivity index (χ0) is 30.9. The lowest BCUT2D eigenvalue weighted by Crippen LogP contribution is -2.38. The van der Waals surface area contributed by atoms with Crippen molar-refractivity contribution in [2.45, 2.75) is 31.8 Å². The Morgan fingerprint density at radius 1 is 0.930 bits per heavy atom. The van der Waals surface area contributed by atoms with E-state index in [2.05, 4.69) is 10.2 Å². The molecule has 2 aromatic rings. The fourth-order valence-electron chi connectivity index (χ4n) is 5.35. The van der Waals surface area contributed by atoms with E-state index in [1.807, 2.05) is 24.3 Å². The Balaban J connectivity index is 1.63. The third kappa shape index (κ3) is 8.16. The number of benzene rings is 2. The standard InChI is InChI=1S/C31H34Cl2N2O8/c1-41-25(36)17-24-28(31(39)40)29(26-21(32)7-4-8-22(26)33)27(30(37)38)23(34-24)10-9-19-5-2-3-6-20(19)18-43-16-13-35-11-14-42-15-12-35/h2-8,29,34H,9-18H2,1H3,(H,37,38)(H,39,40). The van der Waals surface area contributed by atoms with Crippen molar-refractivity contribution in [1.82, 2.24) is 10.2 Å². The number of hydrogen-bond acceptors (Lipinski definition) is 8. The summed E-state index contributed by atoms with van der Waals surface area (Å²) in [6, 6.07) is 12.3. The fourth-order valence-corrected chi connectivity index (χ4v) is 5.96. The van der Waals surface area contributed by atoms with Crippen LogP contribution in [-0.4, -0.2) is 79.6 Å². The van der Waals surface area contributed by atoms with Gasteiger partial charge in [-0.3, -0.25) is 9.69 Å². The van der Waals surface area contributed by atoms with Crippen LogP contribution in [0, 0.1) is 0 Å². The van der Waals surface area contributed by atoms with Crippen LogP contribution in [0.5, 0.6) is 0 Å². The van der Waals surface area contributed by atoms with Crippen molar-refractivity contribution in [3.8, 4) is 0 Å². The number of methoxy groups -OCH3 is 1. The molecule has 3 N–H and O–H groups in total. The summed E-state index contributed by atoms with van der Waals surface area (Å²) in [7, 11) is 1.19. The van der Waals surface area contributed by atoms with Gasteiger partial charge in [0.25, 0.3) is 0 Å². The van der Waals surface area contributed by atoms with Crippen molar-refractivity contribution >= 4 is 41.1 Å². The largest absolute Gasteiger partial charge is 0.478 e. The van der Waals surface area contributed by atoms with Crippen molar-refractivity contribution in [2.75, 3.05) is 46.6 Å². The lowest BCUT2D eigenvalue weighted by Gasteiger charge is -2.32. The van der Waals surface area contributed by atoms with Crippen molar-refractivity contribution in [3.63, 3.8) is 0 Å². The van der Waals surface area contributed by atoms with Gasteiger partial charge in [0.1, 0.15) is 0 Å². The molecule has 1 saturated heterocycles. The van der Waals surface area contributed by atoms with Crippen LogP contribution in [0.15, 0.2) is 65.0 Å². The van der Waals surface area contributed by atoms with E-state index in [1.54, 1.807) is 6.07 Å². The Labute approximate surface area is 259 Å². The van der Waals surface area contributed by atoms with Gasteiger partial charge < -0.3 is 29.7 Å². The molecule has 43 heavy (non-hydrogen) atoms. The molecule has 230 valence electrons. The van der Waals surface area contributed by atoms with E-state index >= 15 is 0 Å². The van der Waals surface area contributed by atoms with Gasteiger partial charge in [0, 0.05) is 46.6 Å². The Kier molecular flexibility index (Phi) is 11.6. The molecule has 0 bridgehead atoms. The quantitative estimate of drug-likeness (QED) is 0.215. The van der Waals surface area contributed by atoms with E-state index in [0.29, 0.717) is 19.6 Å². The van der Waals surface area contributed by atoms with Crippen LogP contribution in [0.25, 0.3) is 0 Å². The molecule has 1 atom stereocenters. The minimum Gasteiger partial charge on any atom is -0.478 e. The average molecular weight is 634 g/mol. The first-order valence-electron chi connectivity index (χ1n) is 13.9. The van der Waals surface area contributed by atoms with Gasteiger partial charge in [0.15, 0.2) is 0 Å². The first kappa shape index (κ1) is 32.5. The van der Waals surface area contributed by atoms with Gasteiger partial charge in [-0.25, -0.2) is 9.59 Å². The number of carboxylic acids is 2. The highest BCUT2D eigenvalue weighted by atomic mass is 35.5. The lowest BCUT2D eigenvalue weighted by molar-refractivity contribution is -0.139. The second-order valence-electron chi connectivity index (χ2n) is 10.1. The summed E-state index contributed by atoms with van der Waals surface area (Å²) in [5.74, 6) is -4.78. The zero-order valence-corrected chi connectivity index (χ0v) is 25.2. The van der Waals surface area contributed by atoms with Gasteiger partial charge in [0.2, 0.25) is 0 Å². The summed E-state index contributed by atoms with van der Waals surface area (Å²) >= 11 is 13.0. The molecule has 0 amide bonds. The second-order valence-corrected chi connectivity index (χ2v) is 10.9. The third-order valence-corrected chi connectivity index (χ3v) is 8.16. The maximum absolute atomic E-state index is 12.8. The number of aliphatic carboxylic acids is 2. The van der Waals surface area contributed by atoms with E-state index < -0.39 is 30.2 Å². The molecule has 2 aliphatic heterocycles. The highest BCUT2D eigenvalue weighted by Crippen LogP contribution is 2.45. The van der Waals surface area contributed by atoms with Crippen LogP contribution >= 0.6 is 23.2 Å². The van der Waals surface area contributed by atoms with Crippen LogP contribution < -0.4 is 5.32 Å². The van der Waals surface area contributed by atoms with Crippen molar-refractivity contribution in [1.29, 1.82) is 0 Å². The number of allylic oxidation sites excluding steroid dienone is 1. The Morgan fingerprint density at radius 3 is 2.19 bits per heavy atom. The Hall–Kier alpha value is -3.41. The summed E-state index contributed by atoms with van der Waals surface area (Å²) in [6.45, 7) is 4.95. The second kappa shape index (κ2) is 15.4. The van der Waals surface area contributed by atoms with E-state index in [0.717, 1.165) is 44.0 Å².